The lowest BCUT2D eigenvalue weighted by atomic mass is 10.1. The average Bonchev–Trinajstić information content (AvgIpc) is 3.06. The number of benzene rings is 2. The number of nitrogens with one attached hydrogen (secondary N) is 2. The van der Waals surface area contributed by atoms with E-state index in [-0.39, 0.29) is 11.8 Å². The molecule has 8 heteroatoms. The Labute approximate surface area is 180 Å². The molecule has 0 saturated carbocycles. The molecule has 1 amide bonds. The van der Waals surface area contributed by atoms with Crippen LogP contribution in [-0.2, 0) is 11.3 Å². The normalized spacial score (nSPS) is 10.4. The highest BCUT2D eigenvalue weighted by Gasteiger charge is 2.19. The van der Waals surface area contributed by atoms with Gasteiger partial charge in [0.2, 0.25) is 6.41 Å². The van der Waals surface area contributed by atoms with Crippen LogP contribution in [0, 0.1) is 11.3 Å². The highest BCUT2D eigenvalue weighted by atomic mass is 19.3. The van der Waals surface area contributed by atoms with Gasteiger partial charge in [0.05, 0.1) is 16.8 Å². The summed E-state index contributed by atoms with van der Waals surface area (Å²) in [6.45, 7) is 3.49. The maximum atomic E-state index is 12.5. The molecule has 6 nitrogen and oxygen atoms in total. The number of fused-ring (bicyclic) bond motifs is 1. The summed E-state index contributed by atoms with van der Waals surface area (Å²) in [6.07, 6.45) is 0.699. The average molecular weight is 428 g/mol. The smallest absolute Gasteiger partial charge is 0.387 e. The van der Waals surface area contributed by atoms with Crippen LogP contribution in [0.1, 0.15) is 26.3 Å². The molecule has 1 heterocycles. The van der Waals surface area contributed by atoms with Gasteiger partial charge in [-0.15, -0.1) is 0 Å². The van der Waals surface area contributed by atoms with Crippen LogP contribution < -0.4 is 15.4 Å². The van der Waals surface area contributed by atoms with Crippen LogP contribution in [0.4, 0.5) is 14.5 Å². The van der Waals surface area contributed by atoms with E-state index < -0.39 is 6.61 Å². The first-order valence-electron chi connectivity index (χ1n) is 9.85. The molecule has 31 heavy (non-hydrogen) atoms. The van der Waals surface area contributed by atoms with Gasteiger partial charge in [0.1, 0.15) is 11.8 Å². The molecular weight excluding hydrogens is 402 g/mol. The number of alkyl halides is 2. The minimum Gasteiger partial charge on any atom is -0.435 e. The summed E-state index contributed by atoms with van der Waals surface area (Å²) in [5, 5.41) is 16.0. The second-order valence-corrected chi connectivity index (χ2v) is 6.90. The molecule has 2 aromatic carbocycles. The maximum absolute atomic E-state index is 12.5. The highest BCUT2D eigenvalue weighted by Crippen LogP contribution is 2.35. The van der Waals surface area contributed by atoms with Crippen molar-refractivity contribution in [3.63, 3.8) is 0 Å². The summed E-state index contributed by atoms with van der Waals surface area (Å²) >= 11 is 0. The van der Waals surface area contributed by atoms with Gasteiger partial charge in [0, 0.05) is 36.8 Å². The SMILES string of the molecule is CC(C)NC=O.CCn1c(-c2ccc(NC)cc2)c(C#N)c2ccc(OC(F)F)cc21. The van der Waals surface area contributed by atoms with Gasteiger partial charge in [-0.25, -0.2) is 0 Å². The van der Waals surface area contributed by atoms with Crippen LogP contribution in [0.3, 0.4) is 0 Å². The van der Waals surface area contributed by atoms with Gasteiger partial charge >= 0.3 is 6.61 Å². The first-order chi connectivity index (χ1) is 14.9. The standard InChI is InChI=1S/C19H17F2N3O.C4H9NO/c1-3-24-17-10-14(25-19(20)21)8-9-15(17)16(11-22)18(24)12-4-6-13(23-2)7-5-12;1-4(2)5-3-6/h4-10,19,23H,3H2,1-2H3;3-4H,1-2H3,(H,5,6). The molecule has 3 rings (SSSR count). The fraction of sp³-hybridized carbons (Fsp3) is 0.304. The Morgan fingerprint density at radius 3 is 2.32 bits per heavy atom. The predicted molar refractivity (Wildman–Crippen MR) is 118 cm³/mol. The van der Waals surface area contributed by atoms with Gasteiger partial charge in [-0.3, -0.25) is 4.79 Å². The van der Waals surface area contributed by atoms with Gasteiger partial charge in [-0.05, 0) is 50.6 Å². The molecule has 0 saturated heterocycles. The Kier molecular flexibility index (Phi) is 8.38. The van der Waals surface area contributed by atoms with Crippen LogP contribution >= 0.6 is 0 Å². The van der Waals surface area contributed by atoms with E-state index in [0.717, 1.165) is 22.3 Å². The van der Waals surface area contributed by atoms with Crippen LogP contribution in [0.5, 0.6) is 5.75 Å². The Balaban J connectivity index is 0.000000501. The minimum atomic E-state index is -2.88. The fourth-order valence-electron chi connectivity index (χ4n) is 3.18. The molecule has 164 valence electrons. The molecule has 0 aliphatic rings. The van der Waals surface area contributed by atoms with Crippen molar-refractivity contribution in [3.05, 3.63) is 48.0 Å². The summed E-state index contributed by atoms with van der Waals surface area (Å²) in [4.78, 5) is 9.50. The highest BCUT2D eigenvalue weighted by molar-refractivity contribution is 5.95. The lowest BCUT2D eigenvalue weighted by Gasteiger charge is -2.10. The Morgan fingerprint density at radius 2 is 1.87 bits per heavy atom. The van der Waals surface area contributed by atoms with Crippen LogP contribution in [0.15, 0.2) is 42.5 Å². The molecular formula is C23H26F2N4O2. The third-order valence-electron chi connectivity index (χ3n) is 4.54. The number of nitriles is 1. The number of hydrogen-bond acceptors (Lipinski definition) is 4. The fourth-order valence-corrected chi connectivity index (χ4v) is 3.18. The number of halogens is 2. The van der Waals surface area contributed by atoms with Crippen LogP contribution in [-0.4, -0.2) is 30.7 Å². The number of rotatable bonds is 7. The topological polar surface area (TPSA) is 79.1 Å². The first-order valence-corrected chi connectivity index (χ1v) is 9.85. The molecule has 1 aromatic heterocycles. The molecule has 2 N–H and O–H groups in total. The third-order valence-corrected chi connectivity index (χ3v) is 4.54. The van der Waals surface area contributed by atoms with E-state index >= 15 is 0 Å². The van der Waals surface area contributed by atoms with Crippen molar-refractivity contribution in [1.82, 2.24) is 9.88 Å². The molecule has 0 spiro atoms. The maximum Gasteiger partial charge on any atom is 0.387 e. The molecule has 0 bridgehead atoms. The number of hydrogen-bond donors (Lipinski definition) is 2. The number of ether oxygens (including phenoxy) is 1. The summed E-state index contributed by atoms with van der Waals surface area (Å²) in [5.41, 5.74) is 3.86. The monoisotopic (exact) mass is 428 g/mol. The lowest BCUT2D eigenvalue weighted by molar-refractivity contribution is -0.109. The van der Waals surface area contributed by atoms with E-state index in [1.165, 1.54) is 6.07 Å². The van der Waals surface area contributed by atoms with E-state index in [1.54, 1.807) is 12.1 Å². The second kappa shape index (κ2) is 11.0. The molecule has 0 aliphatic heterocycles. The number of amides is 1. The van der Waals surface area contributed by atoms with Crippen molar-refractivity contribution in [2.24, 2.45) is 0 Å². The zero-order valence-electron chi connectivity index (χ0n) is 17.9. The van der Waals surface area contributed by atoms with Crippen LogP contribution in [0.25, 0.3) is 22.2 Å². The molecule has 0 atom stereocenters. The number of aromatic nitrogens is 1. The van der Waals surface area contributed by atoms with Crippen molar-refractivity contribution < 1.29 is 18.3 Å². The zero-order chi connectivity index (χ0) is 23.0. The predicted octanol–water partition coefficient (Wildman–Crippen LogP) is 4.98. The lowest BCUT2D eigenvalue weighted by Crippen LogP contribution is -2.19. The van der Waals surface area contributed by atoms with Gasteiger partial charge in [-0.1, -0.05) is 12.1 Å². The van der Waals surface area contributed by atoms with Crippen molar-refractivity contribution in [2.75, 3.05) is 12.4 Å². The van der Waals surface area contributed by atoms with E-state index in [1.807, 2.05) is 56.7 Å². The van der Waals surface area contributed by atoms with E-state index in [0.29, 0.717) is 24.0 Å². The summed E-state index contributed by atoms with van der Waals surface area (Å²) in [7, 11) is 1.84. The molecule has 0 aliphatic carbocycles. The molecule has 0 fully saturated rings. The largest absolute Gasteiger partial charge is 0.435 e. The Bertz CT molecular complexity index is 1050. The Morgan fingerprint density at radius 1 is 1.19 bits per heavy atom. The summed E-state index contributed by atoms with van der Waals surface area (Å²) < 4.78 is 31.5. The molecule has 3 aromatic rings. The molecule has 0 radical (unpaired) electrons. The summed E-state index contributed by atoms with van der Waals surface area (Å²) in [6, 6.07) is 14.9. The van der Waals surface area contributed by atoms with E-state index in [4.69, 9.17) is 0 Å². The quantitative estimate of drug-likeness (QED) is 0.520. The molecule has 0 unspecified atom stereocenters. The minimum absolute atomic E-state index is 0.0799. The number of carbonyl (C=O) groups excluding carboxylic acids is 1. The zero-order valence-corrected chi connectivity index (χ0v) is 17.9. The van der Waals surface area contributed by atoms with E-state index in [2.05, 4.69) is 21.4 Å². The first kappa shape index (κ1) is 23.7. The number of aryl methyl sites for hydroxylation is 1. The Hall–Kier alpha value is -3.60. The van der Waals surface area contributed by atoms with Gasteiger partial charge < -0.3 is 19.9 Å². The van der Waals surface area contributed by atoms with Crippen molar-refractivity contribution in [1.29, 1.82) is 5.26 Å². The number of carbonyl (C=O) groups is 1. The van der Waals surface area contributed by atoms with Crippen molar-refractivity contribution in [3.8, 4) is 23.1 Å². The van der Waals surface area contributed by atoms with Crippen LogP contribution in [0.2, 0.25) is 0 Å². The summed E-state index contributed by atoms with van der Waals surface area (Å²) in [5.74, 6) is 0.0799. The van der Waals surface area contributed by atoms with Gasteiger partial charge in [0.15, 0.2) is 0 Å². The number of anilines is 1. The number of nitrogens with zero attached hydrogens (tertiary/aromatic N) is 2. The van der Waals surface area contributed by atoms with E-state index in [9.17, 15) is 18.8 Å². The van der Waals surface area contributed by atoms with Crippen molar-refractivity contribution in [2.45, 2.75) is 40.0 Å². The van der Waals surface area contributed by atoms with Gasteiger partial charge in [-0.2, -0.15) is 14.0 Å². The second-order valence-electron chi connectivity index (χ2n) is 6.90. The third kappa shape index (κ3) is 5.72. The van der Waals surface area contributed by atoms with Gasteiger partial charge in [0.25, 0.3) is 0 Å². The van der Waals surface area contributed by atoms with Crippen molar-refractivity contribution >= 4 is 23.0 Å².